The first-order chi connectivity index (χ1) is 11.1. The highest BCUT2D eigenvalue weighted by Crippen LogP contribution is 2.15. The average Bonchev–Trinajstić information content (AvgIpc) is 2.82. The van der Waals surface area contributed by atoms with E-state index in [1.54, 1.807) is 0 Å². The highest BCUT2D eigenvalue weighted by atomic mass is 16.1. The lowest BCUT2D eigenvalue weighted by Gasteiger charge is -2.07. The van der Waals surface area contributed by atoms with Gasteiger partial charge in [-0.05, 0) is 25.8 Å². The summed E-state index contributed by atoms with van der Waals surface area (Å²) in [6.45, 7) is 7.49. The Morgan fingerprint density at radius 3 is 2.57 bits per heavy atom. The molecular weight excluding hydrogens is 286 g/mol. The molecule has 4 nitrogen and oxygen atoms in total. The second kappa shape index (κ2) is 8.51. The number of aromatic nitrogens is 2. The molecule has 0 atom stereocenters. The van der Waals surface area contributed by atoms with E-state index in [0.29, 0.717) is 6.54 Å². The summed E-state index contributed by atoms with van der Waals surface area (Å²) in [5.41, 5.74) is 3.63. The fraction of sp³-hybridized carbons (Fsp3) is 0.474. The number of unbranched alkanes of at least 4 members (excludes halogenated alkanes) is 3. The summed E-state index contributed by atoms with van der Waals surface area (Å²) < 4.78 is 1.91. The molecule has 0 saturated heterocycles. The summed E-state index contributed by atoms with van der Waals surface area (Å²) >= 11 is 0. The van der Waals surface area contributed by atoms with Gasteiger partial charge in [-0.15, -0.1) is 0 Å². The van der Waals surface area contributed by atoms with Crippen molar-refractivity contribution < 1.29 is 4.79 Å². The topological polar surface area (TPSA) is 46.9 Å². The summed E-state index contributed by atoms with van der Waals surface area (Å²) in [7, 11) is 0. The van der Waals surface area contributed by atoms with Crippen LogP contribution in [0.4, 0.5) is 0 Å². The van der Waals surface area contributed by atoms with Crippen LogP contribution < -0.4 is 5.32 Å². The van der Waals surface area contributed by atoms with Gasteiger partial charge >= 0.3 is 0 Å². The molecule has 0 radical (unpaired) electrons. The molecular formula is C19H27N3O. The molecule has 0 aliphatic carbocycles. The second-order valence-electron chi connectivity index (χ2n) is 6.01. The van der Waals surface area contributed by atoms with Crippen molar-refractivity contribution >= 4 is 5.91 Å². The summed E-state index contributed by atoms with van der Waals surface area (Å²) in [4.78, 5) is 12.4. The number of benzene rings is 1. The van der Waals surface area contributed by atoms with E-state index in [9.17, 15) is 4.79 Å². The number of rotatable bonds is 8. The van der Waals surface area contributed by atoms with E-state index in [1.165, 1.54) is 24.8 Å². The maximum absolute atomic E-state index is 12.4. The van der Waals surface area contributed by atoms with Crippen molar-refractivity contribution in [1.29, 1.82) is 0 Å². The molecule has 1 N–H and O–H groups in total. The van der Waals surface area contributed by atoms with Crippen molar-refractivity contribution in [1.82, 2.24) is 15.1 Å². The van der Waals surface area contributed by atoms with Crippen molar-refractivity contribution in [3.05, 3.63) is 52.8 Å². The van der Waals surface area contributed by atoms with Crippen LogP contribution >= 0.6 is 0 Å². The molecule has 1 aromatic heterocycles. The molecule has 0 spiro atoms. The standard InChI is InChI=1S/C19H27N3O/c1-4-5-6-10-13-20-19(23)18-15(2)21-22(16(18)3)14-17-11-8-7-9-12-17/h7-9,11-12H,4-6,10,13-14H2,1-3H3,(H,20,23). The van der Waals surface area contributed by atoms with E-state index in [0.717, 1.165) is 29.9 Å². The highest BCUT2D eigenvalue weighted by molar-refractivity contribution is 5.96. The van der Waals surface area contributed by atoms with Gasteiger partial charge in [-0.25, -0.2) is 0 Å². The van der Waals surface area contributed by atoms with Gasteiger partial charge in [0.2, 0.25) is 0 Å². The highest BCUT2D eigenvalue weighted by Gasteiger charge is 2.18. The number of nitrogens with one attached hydrogen (secondary N) is 1. The van der Waals surface area contributed by atoms with Crippen molar-refractivity contribution in [2.45, 2.75) is 53.0 Å². The third-order valence-corrected chi connectivity index (χ3v) is 4.10. The number of carbonyl (C=O) groups is 1. The van der Waals surface area contributed by atoms with Gasteiger partial charge < -0.3 is 5.32 Å². The first kappa shape index (κ1) is 17.3. The van der Waals surface area contributed by atoms with E-state index in [1.807, 2.05) is 36.7 Å². The minimum atomic E-state index is -0.00388. The first-order valence-electron chi connectivity index (χ1n) is 8.49. The van der Waals surface area contributed by atoms with Crippen LogP contribution in [0.2, 0.25) is 0 Å². The maximum atomic E-state index is 12.4. The van der Waals surface area contributed by atoms with Crippen LogP contribution in [-0.4, -0.2) is 22.2 Å². The summed E-state index contributed by atoms with van der Waals surface area (Å²) in [6.07, 6.45) is 4.64. The SMILES string of the molecule is CCCCCCNC(=O)c1c(C)nn(Cc2ccccc2)c1C. The fourth-order valence-corrected chi connectivity index (χ4v) is 2.78. The maximum Gasteiger partial charge on any atom is 0.255 e. The van der Waals surface area contributed by atoms with Gasteiger partial charge in [0.05, 0.1) is 17.8 Å². The van der Waals surface area contributed by atoms with Crippen LogP contribution in [0.1, 0.15) is 59.9 Å². The lowest BCUT2D eigenvalue weighted by molar-refractivity contribution is 0.0951. The van der Waals surface area contributed by atoms with E-state index in [-0.39, 0.29) is 5.91 Å². The number of amides is 1. The zero-order valence-corrected chi connectivity index (χ0v) is 14.4. The quantitative estimate of drug-likeness (QED) is 0.752. The number of nitrogens with zero attached hydrogens (tertiary/aromatic N) is 2. The molecule has 124 valence electrons. The largest absolute Gasteiger partial charge is 0.352 e. The number of carbonyl (C=O) groups excluding carboxylic acids is 1. The van der Waals surface area contributed by atoms with Crippen LogP contribution in [0, 0.1) is 13.8 Å². The zero-order valence-electron chi connectivity index (χ0n) is 14.4. The van der Waals surface area contributed by atoms with Gasteiger partial charge in [-0.1, -0.05) is 56.5 Å². The Balaban J connectivity index is 2.01. The van der Waals surface area contributed by atoms with Crippen molar-refractivity contribution in [2.24, 2.45) is 0 Å². The molecule has 0 aliphatic rings. The van der Waals surface area contributed by atoms with Crippen molar-refractivity contribution in [3.8, 4) is 0 Å². The van der Waals surface area contributed by atoms with Crippen LogP contribution in [-0.2, 0) is 6.54 Å². The van der Waals surface area contributed by atoms with E-state index in [4.69, 9.17) is 0 Å². The summed E-state index contributed by atoms with van der Waals surface area (Å²) in [5.74, 6) is -0.00388. The molecule has 1 aromatic carbocycles. The molecule has 2 aromatic rings. The molecule has 4 heteroatoms. The molecule has 2 rings (SSSR count). The molecule has 1 heterocycles. The molecule has 0 bridgehead atoms. The average molecular weight is 313 g/mol. The van der Waals surface area contributed by atoms with Gasteiger partial charge in [-0.3, -0.25) is 9.48 Å². The van der Waals surface area contributed by atoms with Crippen LogP contribution in [0.3, 0.4) is 0 Å². The Bertz CT molecular complexity index is 632. The van der Waals surface area contributed by atoms with Crippen LogP contribution in [0.5, 0.6) is 0 Å². The number of hydrogen-bond acceptors (Lipinski definition) is 2. The molecule has 0 fully saturated rings. The third kappa shape index (κ3) is 4.68. The lowest BCUT2D eigenvalue weighted by Crippen LogP contribution is -2.25. The van der Waals surface area contributed by atoms with Gasteiger partial charge in [-0.2, -0.15) is 5.10 Å². The summed E-state index contributed by atoms with van der Waals surface area (Å²) in [6, 6.07) is 10.2. The monoisotopic (exact) mass is 313 g/mol. The minimum absolute atomic E-state index is 0.00388. The van der Waals surface area contributed by atoms with E-state index >= 15 is 0 Å². The fourth-order valence-electron chi connectivity index (χ4n) is 2.78. The van der Waals surface area contributed by atoms with E-state index in [2.05, 4.69) is 29.5 Å². The van der Waals surface area contributed by atoms with Crippen molar-refractivity contribution in [2.75, 3.05) is 6.54 Å². The minimum Gasteiger partial charge on any atom is -0.352 e. The molecule has 0 aliphatic heterocycles. The normalized spacial score (nSPS) is 10.7. The zero-order chi connectivity index (χ0) is 16.7. The first-order valence-corrected chi connectivity index (χ1v) is 8.49. The Morgan fingerprint density at radius 2 is 1.87 bits per heavy atom. The molecule has 1 amide bonds. The van der Waals surface area contributed by atoms with Crippen LogP contribution in [0.25, 0.3) is 0 Å². The Hall–Kier alpha value is -2.10. The van der Waals surface area contributed by atoms with Gasteiger partial charge in [0.15, 0.2) is 0 Å². The molecule has 0 saturated carbocycles. The number of hydrogen-bond donors (Lipinski definition) is 1. The smallest absolute Gasteiger partial charge is 0.255 e. The van der Waals surface area contributed by atoms with Crippen molar-refractivity contribution in [3.63, 3.8) is 0 Å². The Morgan fingerprint density at radius 1 is 1.13 bits per heavy atom. The second-order valence-corrected chi connectivity index (χ2v) is 6.01. The third-order valence-electron chi connectivity index (χ3n) is 4.10. The summed E-state index contributed by atoms with van der Waals surface area (Å²) in [5, 5.41) is 7.56. The lowest BCUT2D eigenvalue weighted by atomic mass is 10.1. The Kier molecular flexibility index (Phi) is 6.39. The van der Waals surface area contributed by atoms with Gasteiger partial charge in [0.1, 0.15) is 0 Å². The Labute approximate surface area is 138 Å². The van der Waals surface area contributed by atoms with Gasteiger partial charge in [0.25, 0.3) is 5.91 Å². The predicted octanol–water partition coefficient (Wildman–Crippen LogP) is 3.86. The van der Waals surface area contributed by atoms with Gasteiger partial charge in [0, 0.05) is 12.2 Å². The predicted molar refractivity (Wildman–Crippen MR) is 93.7 cm³/mol. The van der Waals surface area contributed by atoms with E-state index < -0.39 is 0 Å². The molecule has 0 unspecified atom stereocenters. The van der Waals surface area contributed by atoms with Crippen LogP contribution in [0.15, 0.2) is 30.3 Å². The number of aryl methyl sites for hydroxylation is 1. The molecule has 23 heavy (non-hydrogen) atoms.